The van der Waals surface area contributed by atoms with E-state index in [2.05, 4.69) is 11.0 Å². The van der Waals surface area contributed by atoms with Crippen molar-refractivity contribution in [1.82, 2.24) is 4.90 Å². The van der Waals surface area contributed by atoms with E-state index in [1.54, 1.807) is 18.2 Å². The summed E-state index contributed by atoms with van der Waals surface area (Å²) in [6.45, 7) is 2.05. The second-order valence-corrected chi connectivity index (χ2v) is 10.4. The first kappa shape index (κ1) is 28.6. The molecule has 1 aliphatic carbocycles. The Morgan fingerprint density at radius 3 is 2.44 bits per heavy atom. The molecule has 3 aromatic rings. The second kappa shape index (κ2) is 11.9. The highest BCUT2D eigenvalue weighted by molar-refractivity contribution is 6.02. The van der Waals surface area contributed by atoms with Crippen LogP contribution in [0, 0.1) is 0 Å². The van der Waals surface area contributed by atoms with Crippen LogP contribution in [0.5, 0.6) is 5.75 Å². The van der Waals surface area contributed by atoms with Crippen LogP contribution in [0.25, 0.3) is 17.2 Å². The molecule has 0 saturated carbocycles. The number of carboxylic acids is 1. The molecule has 8 heteroatoms. The number of likely N-dealkylation sites (tertiary alicyclic amines) is 1. The highest BCUT2D eigenvalue weighted by Gasteiger charge is 2.36. The number of benzene rings is 3. The van der Waals surface area contributed by atoms with Crippen molar-refractivity contribution >= 4 is 23.2 Å². The summed E-state index contributed by atoms with van der Waals surface area (Å²) in [5, 5.41) is 9.57. The normalized spacial score (nSPS) is 15.7. The summed E-state index contributed by atoms with van der Waals surface area (Å²) in [5.74, 6) is -1.25. The van der Waals surface area contributed by atoms with Crippen molar-refractivity contribution in [2.75, 3.05) is 33.4 Å². The van der Waals surface area contributed by atoms with E-state index in [0.29, 0.717) is 31.2 Å². The van der Waals surface area contributed by atoms with E-state index in [-0.39, 0.29) is 18.0 Å². The van der Waals surface area contributed by atoms with Crippen LogP contribution in [0.4, 0.5) is 17.6 Å². The number of hydrogen-bond donors (Lipinski definition) is 1. The van der Waals surface area contributed by atoms with Crippen LogP contribution < -0.4 is 4.74 Å². The smallest absolute Gasteiger partial charge is 0.419 e. The summed E-state index contributed by atoms with van der Waals surface area (Å²) in [5.41, 5.74) is 5.94. The van der Waals surface area contributed by atoms with E-state index in [4.69, 9.17) is 4.74 Å². The number of alkyl halides is 4. The number of allylic oxidation sites excluding steroid dienone is 1. The molecule has 5 rings (SSSR count). The van der Waals surface area contributed by atoms with Gasteiger partial charge in [0.1, 0.15) is 5.75 Å². The topological polar surface area (TPSA) is 49.8 Å². The molecule has 1 fully saturated rings. The van der Waals surface area contributed by atoms with E-state index >= 15 is 0 Å². The molecule has 0 unspecified atom stereocenters. The Hall–Kier alpha value is -3.91. The molecule has 1 heterocycles. The lowest BCUT2D eigenvalue weighted by Crippen LogP contribution is -2.40. The molecule has 0 spiro atoms. The highest BCUT2D eigenvalue weighted by Crippen LogP contribution is 2.46. The first-order valence-electron chi connectivity index (χ1n) is 13.6. The number of hydrogen-bond acceptors (Lipinski definition) is 3. The van der Waals surface area contributed by atoms with Gasteiger partial charge in [-0.25, -0.2) is 4.79 Å². The fourth-order valence-corrected chi connectivity index (χ4v) is 5.78. The summed E-state index contributed by atoms with van der Waals surface area (Å²) in [4.78, 5) is 13.9. The molecule has 2 aliphatic rings. The maximum absolute atomic E-state index is 13.9. The molecular weight excluding hydrogens is 534 g/mol. The molecule has 0 aromatic heterocycles. The van der Waals surface area contributed by atoms with E-state index in [9.17, 15) is 27.5 Å². The number of methoxy groups -OCH3 is 1. The summed E-state index contributed by atoms with van der Waals surface area (Å²) in [7, 11) is 1.25. The van der Waals surface area contributed by atoms with Gasteiger partial charge >= 0.3 is 12.1 Å². The number of halogens is 4. The molecule has 0 amide bonds. The van der Waals surface area contributed by atoms with Gasteiger partial charge in [-0.2, -0.15) is 13.2 Å². The number of fused-ring (bicyclic) bond motifs is 1. The molecule has 0 atom stereocenters. The molecule has 4 nitrogen and oxygen atoms in total. The summed E-state index contributed by atoms with van der Waals surface area (Å²) in [6, 6.07) is 16.9. The molecule has 1 saturated heterocycles. The number of aryl methyl sites for hydroxylation is 1. The Balaban J connectivity index is 1.62. The average molecular weight is 566 g/mol. The van der Waals surface area contributed by atoms with Crippen LogP contribution in [0.15, 0.2) is 66.2 Å². The summed E-state index contributed by atoms with van der Waals surface area (Å²) < 4.78 is 59.6. The highest BCUT2D eigenvalue weighted by atomic mass is 19.4. The minimum atomic E-state index is -4.58. The van der Waals surface area contributed by atoms with Gasteiger partial charge in [0.15, 0.2) is 0 Å². The van der Waals surface area contributed by atoms with Gasteiger partial charge in [-0.3, -0.25) is 9.29 Å². The third kappa shape index (κ3) is 6.07. The van der Waals surface area contributed by atoms with Crippen LogP contribution in [0.2, 0.25) is 0 Å². The van der Waals surface area contributed by atoms with Gasteiger partial charge in [0, 0.05) is 25.2 Å². The largest absolute Gasteiger partial charge is 0.495 e. The Morgan fingerprint density at radius 2 is 1.78 bits per heavy atom. The van der Waals surface area contributed by atoms with Crippen molar-refractivity contribution in [1.29, 1.82) is 0 Å². The molecular formula is C33H31F4NO3. The average Bonchev–Trinajstić information content (AvgIpc) is 3.12. The summed E-state index contributed by atoms with van der Waals surface area (Å²) >= 11 is 0. The van der Waals surface area contributed by atoms with Crippen molar-refractivity contribution in [2.45, 2.75) is 31.9 Å². The second-order valence-electron chi connectivity index (χ2n) is 10.4. The molecule has 0 radical (unpaired) electrons. The lowest BCUT2D eigenvalue weighted by atomic mass is 9.86. The van der Waals surface area contributed by atoms with E-state index in [0.717, 1.165) is 59.1 Å². The Bertz CT molecular complexity index is 1500. The first-order valence-corrected chi connectivity index (χ1v) is 13.6. The monoisotopic (exact) mass is 565 g/mol. The van der Waals surface area contributed by atoms with Crippen LogP contribution in [-0.4, -0.2) is 49.4 Å². The van der Waals surface area contributed by atoms with E-state index in [1.807, 2.05) is 24.3 Å². The van der Waals surface area contributed by atoms with Gasteiger partial charge in [-0.05, 0) is 82.9 Å². The van der Waals surface area contributed by atoms with E-state index in [1.165, 1.54) is 24.8 Å². The Kier molecular flexibility index (Phi) is 8.31. The molecule has 3 aromatic carbocycles. The van der Waals surface area contributed by atoms with Crippen LogP contribution >= 0.6 is 0 Å². The number of carbonyl (C=O) groups is 1. The van der Waals surface area contributed by atoms with Gasteiger partial charge in [0.2, 0.25) is 0 Å². The maximum atomic E-state index is 13.9. The zero-order valence-electron chi connectivity index (χ0n) is 22.7. The molecule has 41 heavy (non-hydrogen) atoms. The van der Waals surface area contributed by atoms with Gasteiger partial charge in [0.05, 0.1) is 24.9 Å². The predicted octanol–water partition coefficient (Wildman–Crippen LogP) is 7.77. The fourth-order valence-electron chi connectivity index (χ4n) is 5.78. The quantitative estimate of drug-likeness (QED) is 0.284. The third-order valence-corrected chi connectivity index (χ3v) is 7.68. The van der Waals surface area contributed by atoms with Gasteiger partial charge in [-0.15, -0.1) is 0 Å². The van der Waals surface area contributed by atoms with Crippen molar-refractivity contribution in [3.05, 3.63) is 105 Å². The van der Waals surface area contributed by atoms with E-state index < -0.39 is 17.7 Å². The number of para-hydroxylation sites is 1. The lowest BCUT2D eigenvalue weighted by molar-refractivity contribution is -0.138. The number of aromatic carboxylic acids is 1. The molecule has 1 aliphatic heterocycles. The number of rotatable bonds is 8. The third-order valence-electron chi connectivity index (χ3n) is 7.68. The number of nitrogens with zero attached hydrogens (tertiary/aromatic N) is 1. The molecule has 1 N–H and O–H groups in total. The zero-order valence-corrected chi connectivity index (χ0v) is 22.7. The first-order chi connectivity index (χ1) is 19.7. The van der Waals surface area contributed by atoms with Crippen LogP contribution in [0.1, 0.15) is 63.0 Å². The van der Waals surface area contributed by atoms with Crippen molar-refractivity contribution in [3.63, 3.8) is 0 Å². The van der Waals surface area contributed by atoms with Gasteiger partial charge < -0.3 is 9.84 Å². The minimum Gasteiger partial charge on any atom is -0.495 e. The maximum Gasteiger partial charge on any atom is 0.419 e. The van der Waals surface area contributed by atoms with Crippen molar-refractivity contribution in [3.8, 4) is 5.75 Å². The van der Waals surface area contributed by atoms with Gasteiger partial charge in [0.25, 0.3) is 0 Å². The Labute approximate surface area is 236 Å². The number of carboxylic acid groups (broad SMARTS) is 1. The predicted molar refractivity (Wildman–Crippen MR) is 152 cm³/mol. The van der Waals surface area contributed by atoms with Crippen molar-refractivity contribution < 1.29 is 32.2 Å². The SMILES string of the molecule is COc1c(C2=C(c3ccc(C=C4CN(CCCF)C4)cc3)c3ccc(C(=O)O)cc3CCC2)cccc1C(F)(F)F. The fraction of sp³-hybridized carbons (Fsp3) is 0.303. The van der Waals surface area contributed by atoms with Crippen LogP contribution in [-0.2, 0) is 12.6 Å². The number of ether oxygens (including phenoxy) is 1. The zero-order chi connectivity index (χ0) is 29.1. The van der Waals surface area contributed by atoms with Crippen molar-refractivity contribution in [2.24, 2.45) is 0 Å². The van der Waals surface area contributed by atoms with Gasteiger partial charge in [-0.1, -0.05) is 48.5 Å². The summed E-state index contributed by atoms with van der Waals surface area (Å²) in [6.07, 6.45) is -0.221. The molecule has 0 bridgehead atoms. The lowest BCUT2D eigenvalue weighted by Gasteiger charge is -2.33. The van der Waals surface area contributed by atoms with Crippen LogP contribution in [0.3, 0.4) is 0 Å². The minimum absolute atomic E-state index is 0.172. The standard InChI is InChI=1S/C33H31F4NO3/c1-41-31-28(7-3-8-29(31)33(35,36)37)27-6-2-5-24-18-25(32(39)40)13-14-26(24)30(27)23-11-9-21(10-12-23)17-22-19-38(20-22)16-4-15-34/h3,7-14,17-18H,2,4-6,15-16,19-20H2,1H3,(H,39,40). The Morgan fingerprint density at radius 1 is 1.02 bits per heavy atom. The molecule has 214 valence electrons.